The number of guanidine groups is 1. The van der Waals surface area contributed by atoms with E-state index in [9.17, 15) is 4.39 Å². The molecular weight excluding hydrogens is 420 g/mol. The number of hydrogen-bond acceptors (Lipinski definition) is 2. The Labute approximate surface area is 159 Å². The number of benzene rings is 2. The van der Waals surface area contributed by atoms with Gasteiger partial charge in [0.05, 0.1) is 12.6 Å². The van der Waals surface area contributed by atoms with E-state index >= 15 is 0 Å². The summed E-state index contributed by atoms with van der Waals surface area (Å²) in [7, 11) is 1.72. The fourth-order valence-corrected chi connectivity index (χ4v) is 2.12. The van der Waals surface area contributed by atoms with Crippen molar-refractivity contribution in [2.24, 2.45) is 4.99 Å². The lowest BCUT2D eigenvalue weighted by Crippen LogP contribution is -2.40. The lowest BCUT2D eigenvalue weighted by Gasteiger charge is -2.18. The largest absolute Gasteiger partial charge is 0.492 e. The van der Waals surface area contributed by atoms with E-state index in [2.05, 4.69) is 34.7 Å². The van der Waals surface area contributed by atoms with Crippen molar-refractivity contribution < 1.29 is 9.13 Å². The van der Waals surface area contributed by atoms with Gasteiger partial charge in [0.2, 0.25) is 0 Å². The fourth-order valence-electron chi connectivity index (χ4n) is 2.12. The summed E-state index contributed by atoms with van der Waals surface area (Å²) in [5.41, 5.74) is 1.19. The highest BCUT2D eigenvalue weighted by molar-refractivity contribution is 14.0. The maximum absolute atomic E-state index is 13.0. The Kier molecular flexibility index (Phi) is 9.14. The molecule has 130 valence electrons. The number of halogens is 2. The minimum Gasteiger partial charge on any atom is -0.492 e. The van der Waals surface area contributed by atoms with E-state index in [0.717, 1.165) is 0 Å². The molecular formula is C18H23FIN3O. The van der Waals surface area contributed by atoms with Crippen LogP contribution in [0.25, 0.3) is 0 Å². The van der Waals surface area contributed by atoms with Crippen LogP contribution in [-0.2, 0) is 0 Å². The van der Waals surface area contributed by atoms with Gasteiger partial charge in [0.15, 0.2) is 5.96 Å². The Balaban J connectivity index is 0.00000288. The molecule has 0 heterocycles. The molecule has 0 fully saturated rings. The first-order valence-electron chi connectivity index (χ1n) is 7.59. The molecule has 2 aromatic rings. The molecule has 0 aliphatic rings. The van der Waals surface area contributed by atoms with Gasteiger partial charge < -0.3 is 15.4 Å². The third-order valence-electron chi connectivity index (χ3n) is 3.34. The maximum Gasteiger partial charge on any atom is 0.191 e. The van der Waals surface area contributed by atoms with Crippen molar-refractivity contribution in [1.82, 2.24) is 10.6 Å². The molecule has 4 nitrogen and oxygen atoms in total. The van der Waals surface area contributed by atoms with Gasteiger partial charge in [-0.1, -0.05) is 36.4 Å². The second kappa shape index (κ2) is 10.9. The normalized spacial score (nSPS) is 12.0. The lowest BCUT2D eigenvalue weighted by atomic mass is 10.1. The number of ether oxygens (including phenoxy) is 1. The summed E-state index contributed by atoms with van der Waals surface area (Å²) in [6.45, 7) is 3.06. The Morgan fingerprint density at radius 3 is 2.58 bits per heavy atom. The summed E-state index contributed by atoms with van der Waals surface area (Å²) in [5, 5.41) is 6.49. The van der Waals surface area contributed by atoms with Crippen LogP contribution >= 0.6 is 24.0 Å². The lowest BCUT2D eigenvalue weighted by molar-refractivity contribution is 0.320. The summed E-state index contributed by atoms with van der Waals surface area (Å²) in [5.74, 6) is 0.918. The molecule has 0 spiro atoms. The predicted octanol–water partition coefficient (Wildman–Crippen LogP) is 3.75. The van der Waals surface area contributed by atoms with Crippen LogP contribution < -0.4 is 15.4 Å². The Bertz CT molecular complexity index is 637. The fraction of sp³-hybridized carbons (Fsp3) is 0.278. The zero-order valence-electron chi connectivity index (χ0n) is 13.8. The van der Waals surface area contributed by atoms with Crippen LogP contribution in [0, 0.1) is 5.82 Å². The van der Waals surface area contributed by atoms with Crippen LogP contribution in [-0.4, -0.2) is 26.2 Å². The zero-order valence-corrected chi connectivity index (χ0v) is 16.2. The minimum atomic E-state index is -0.301. The van der Waals surface area contributed by atoms with Crippen molar-refractivity contribution >= 4 is 29.9 Å². The van der Waals surface area contributed by atoms with Crippen LogP contribution in [0.4, 0.5) is 4.39 Å². The molecule has 0 bridgehead atoms. The van der Waals surface area contributed by atoms with E-state index in [4.69, 9.17) is 4.74 Å². The molecule has 0 aliphatic carbocycles. The van der Waals surface area contributed by atoms with E-state index < -0.39 is 0 Å². The molecule has 0 saturated heterocycles. The number of rotatable bonds is 6. The highest BCUT2D eigenvalue weighted by atomic mass is 127. The molecule has 1 atom stereocenters. The quantitative estimate of drug-likeness (QED) is 0.310. The second-order valence-electron chi connectivity index (χ2n) is 5.08. The average Bonchev–Trinajstić information content (AvgIpc) is 2.58. The summed E-state index contributed by atoms with van der Waals surface area (Å²) in [6, 6.07) is 16.4. The number of nitrogens with zero attached hydrogens (tertiary/aromatic N) is 1. The third-order valence-corrected chi connectivity index (χ3v) is 3.34. The van der Waals surface area contributed by atoms with Crippen LogP contribution in [0.1, 0.15) is 18.5 Å². The molecule has 0 aliphatic heterocycles. The van der Waals surface area contributed by atoms with Crippen molar-refractivity contribution in [1.29, 1.82) is 0 Å². The van der Waals surface area contributed by atoms with Gasteiger partial charge in [-0.05, 0) is 24.6 Å². The minimum absolute atomic E-state index is 0. The van der Waals surface area contributed by atoms with Crippen molar-refractivity contribution in [3.05, 3.63) is 66.0 Å². The first-order valence-corrected chi connectivity index (χ1v) is 7.59. The highest BCUT2D eigenvalue weighted by Crippen LogP contribution is 2.12. The van der Waals surface area contributed by atoms with Gasteiger partial charge >= 0.3 is 0 Å². The zero-order chi connectivity index (χ0) is 16.5. The van der Waals surface area contributed by atoms with Crippen LogP contribution in [0.15, 0.2) is 59.6 Å². The van der Waals surface area contributed by atoms with Crippen molar-refractivity contribution in [2.45, 2.75) is 13.0 Å². The van der Waals surface area contributed by atoms with Gasteiger partial charge in [-0.3, -0.25) is 4.99 Å². The summed E-state index contributed by atoms with van der Waals surface area (Å²) >= 11 is 0. The molecule has 24 heavy (non-hydrogen) atoms. The molecule has 2 rings (SSSR count). The maximum atomic E-state index is 13.0. The van der Waals surface area contributed by atoms with Gasteiger partial charge in [0, 0.05) is 13.1 Å². The number of aliphatic imine (C=N–C) groups is 1. The first kappa shape index (κ1) is 20.2. The Morgan fingerprint density at radius 2 is 1.92 bits per heavy atom. The Hall–Kier alpha value is -1.83. The van der Waals surface area contributed by atoms with E-state index in [1.165, 1.54) is 17.7 Å². The first-order chi connectivity index (χ1) is 11.2. The third kappa shape index (κ3) is 6.74. The molecule has 1 unspecified atom stereocenters. The Morgan fingerprint density at radius 1 is 1.17 bits per heavy atom. The van der Waals surface area contributed by atoms with Gasteiger partial charge in [0.1, 0.15) is 18.2 Å². The number of hydrogen-bond donors (Lipinski definition) is 2. The topological polar surface area (TPSA) is 45.7 Å². The van der Waals surface area contributed by atoms with E-state index in [1.807, 2.05) is 18.2 Å². The second-order valence-corrected chi connectivity index (χ2v) is 5.08. The molecule has 0 amide bonds. The molecule has 6 heteroatoms. The van der Waals surface area contributed by atoms with Crippen LogP contribution in [0.3, 0.4) is 0 Å². The van der Waals surface area contributed by atoms with Crippen molar-refractivity contribution in [3.63, 3.8) is 0 Å². The van der Waals surface area contributed by atoms with Gasteiger partial charge in [0.25, 0.3) is 0 Å². The van der Waals surface area contributed by atoms with Crippen LogP contribution in [0.5, 0.6) is 5.75 Å². The SMILES string of the molecule is CN=C(NCCOc1cccc(F)c1)NC(C)c1ccccc1.I. The van der Waals surface area contributed by atoms with E-state index in [-0.39, 0.29) is 35.8 Å². The van der Waals surface area contributed by atoms with Gasteiger partial charge in [-0.15, -0.1) is 24.0 Å². The monoisotopic (exact) mass is 443 g/mol. The molecule has 0 saturated carbocycles. The van der Waals surface area contributed by atoms with Crippen LogP contribution in [0.2, 0.25) is 0 Å². The highest BCUT2D eigenvalue weighted by Gasteiger charge is 2.06. The van der Waals surface area contributed by atoms with E-state index in [0.29, 0.717) is 24.9 Å². The number of nitrogens with one attached hydrogen (secondary N) is 2. The molecule has 0 aromatic heterocycles. The average molecular weight is 443 g/mol. The summed E-state index contributed by atoms with van der Waals surface area (Å²) in [4.78, 5) is 4.19. The predicted molar refractivity (Wildman–Crippen MR) is 107 cm³/mol. The molecule has 2 aromatic carbocycles. The van der Waals surface area contributed by atoms with Crippen molar-refractivity contribution in [2.75, 3.05) is 20.2 Å². The van der Waals surface area contributed by atoms with Crippen molar-refractivity contribution in [3.8, 4) is 5.75 Å². The van der Waals surface area contributed by atoms with Gasteiger partial charge in [-0.25, -0.2) is 4.39 Å². The molecule has 2 N–H and O–H groups in total. The smallest absolute Gasteiger partial charge is 0.191 e. The van der Waals surface area contributed by atoms with Gasteiger partial charge in [-0.2, -0.15) is 0 Å². The summed E-state index contributed by atoms with van der Waals surface area (Å²) in [6.07, 6.45) is 0. The van der Waals surface area contributed by atoms with E-state index in [1.54, 1.807) is 19.2 Å². The summed E-state index contributed by atoms with van der Waals surface area (Å²) < 4.78 is 18.5. The standard InChI is InChI=1S/C18H22FN3O.HI/c1-14(15-7-4-3-5-8-15)22-18(20-2)21-11-12-23-17-10-6-9-16(19)13-17;/h3-10,13-14H,11-12H2,1-2H3,(H2,20,21,22);1H. The molecule has 0 radical (unpaired) electrons.